The SMILES string of the molecule is CCc1ccccc1N(CC(=O)N(Cc1cccc(C)c1)C(CC)C(=O)NC(C)(C)C)S(=O)(=O)c1ccc(C)cc1. The Kier molecular flexibility index (Phi) is 10.4. The molecule has 0 aromatic heterocycles. The Morgan fingerprint density at radius 1 is 0.878 bits per heavy atom. The molecule has 0 heterocycles. The minimum atomic E-state index is -4.11. The van der Waals surface area contributed by atoms with Gasteiger partial charge in [-0.3, -0.25) is 13.9 Å². The lowest BCUT2D eigenvalue weighted by atomic mass is 10.0. The number of nitrogens with one attached hydrogen (secondary N) is 1. The van der Waals surface area contributed by atoms with E-state index >= 15 is 0 Å². The second-order valence-electron chi connectivity index (χ2n) is 11.5. The molecular weight excluding hydrogens is 534 g/mol. The van der Waals surface area contributed by atoms with E-state index in [0.29, 0.717) is 18.5 Å². The van der Waals surface area contributed by atoms with Gasteiger partial charge in [0, 0.05) is 12.1 Å². The molecule has 1 N–H and O–H groups in total. The van der Waals surface area contributed by atoms with Crippen LogP contribution in [-0.2, 0) is 32.6 Å². The fourth-order valence-corrected chi connectivity index (χ4v) is 6.24. The highest BCUT2D eigenvalue weighted by atomic mass is 32.2. The smallest absolute Gasteiger partial charge is 0.264 e. The lowest BCUT2D eigenvalue weighted by molar-refractivity contribution is -0.141. The van der Waals surface area contributed by atoms with Crippen LogP contribution in [-0.4, -0.2) is 43.3 Å². The van der Waals surface area contributed by atoms with Crippen molar-refractivity contribution in [1.82, 2.24) is 10.2 Å². The normalized spacial score (nSPS) is 12.5. The van der Waals surface area contributed by atoms with Crippen molar-refractivity contribution in [1.29, 1.82) is 0 Å². The molecule has 3 aromatic rings. The van der Waals surface area contributed by atoms with Crippen LogP contribution in [0.5, 0.6) is 0 Å². The van der Waals surface area contributed by atoms with E-state index in [4.69, 9.17) is 0 Å². The molecule has 1 unspecified atom stereocenters. The molecule has 0 aliphatic rings. The van der Waals surface area contributed by atoms with Crippen LogP contribution in [0.1, 0.15) is 63.3 Å². The van der Waals surface area contributed by atoms with Crippen LogP contribution in [0, 0.1) is 13.8 Å². The van der Waals surface area contributed by atoms with Gasteiger partial charge in [-0.1, -0.05) is 79.6 Å². The quantitative estimate of drug-likeness (QED) is 0.313. The van der Waals surface area contributed by atoms with E-state index in [9.17, 15) is 18.0 Å². The van der Waals surface area contributed by atoms with Crippen LogP contribution in [0.3, 0.4) is 0 Å². The number of carbonyl (C=O) groups excluding carboxylic acids is 2. The third-order valence-corrected chi connectivity index (χ3v) is 8.62. The van der Waals surface area contributed by atoms with Gasteiger partial charge in [0.15, 0.2) is 0 Å². The summed E-state index contributed by atoms with van der Waals surface area (Å²) >= 11 is 0. The summed E-state index contributed by atoms with van der Waals surface area (Å²) in [6.07, 6.45) is 0.957. The van der Waals surface area contributed by atoms with E-state index < -0.39 is 34.1 Å². The lowest BCUT2D eigenvalue weighted by Gasteiger charge is -2.35. The van der Waals surface area contributed by atoms with Gasteiger partial charge in [-0.15, -0.1) is 0 Å². The third kappa shape index (κ3) is 8.19. The first-order chi connectivity index (χ1) is 19.3. The molecule has 7 nitrogen and oxygen atoms in total. The molecule has 0 spiro atoms. The molecule has 41 heavy (non-hydrogen) atoms. The number of amides is 2. The fraction of sp³-hybridized carbons (Fsp3) is 0.394. The maximum atomic E-state index is 14.3. The van der Waals surface area contributed by atoms with Crippen LogP contribution in [0.15, 0.2) is 77.7 Å². The van der Waals surface area contributed by atoms with Crippen LogP contribution >= 0.6 is 0 Å². The number of nitrogens with zero attached hydrogens (tertiary/aromatic N) is 2. The van der Waals surface area contributed by atoms with E-state index in [-0.39, 0.29) is 17.3 Å². The molecule has 0 saturated heterocycles. The number of benzene rings is 3. The number of rotatable bonds is 11. The Morgan fingerprint density at radius 2 is 1.54 bits per heavy atom. The van der Waals surface area contributed by atoms with Gasteiger partial charge in [0.05, 0.1) is 10.6 Å². The van der Waals surface area contributed by atoms with Gasteiger partial charge in [-0.05, 0) is 76.8 Å². The van der Waals surface area contributed by atoms with E-state index in [0.717, 1.165) is 22.3 Å². The van der Waals surface area contributed by atoms with Crippen LogP contribution < -0.4 is 9.62 Å². The summed E-state index contributed by atoms with van der Waals surface area (Å²) in [5.41, 5.74) is 3.58. The molecule has 220 valence electrons. The number of aryl methyl sites for hydroxylation is 3. The van der Waals surface area contributed by atoms with E-state index in [1.807, 2.05) is 84.9 Å². The monoisotopic (exact) mass is 577 g/mol. The van der Waals surface area contributed by atoms with E-state index in [1.54, 1.807) is 36.4 Å². The van der Waals surface area contributed by atoms with Gasteiger partial charge in [0.1, 0.15) is 12.6 Å². The standard InChI is InChI=1S/C33H43N3O4S/c1-8-27-15-10-11-16-30(27)36(41(39,40)28-19-17-24(3)18-20-28)23-31(37)35(22-26-14-12-13-25(4)21-26)29(9-2)32(38)34-33(5,6)7/h10-21,29H,8-9,22-23H2,1-7H3,(H,34,38). The van der Waals surface area contributed by atoms with Crippen LogP contribution in [0.4, 0.5) is 5.69 Å². The predicted molar refractivity (Wildman–Crippen MR) is 165 cm³/mol. The summed E-state index contributed by atoms with van der Waals surface area (Å²) in [6, 6.07) is 20.8. The zero-order valence-electron chi connectivity index (χ0n) is 25.3. The predicted octanol–water partition coefficient (Wildman–Crippen LogP) is 5.78. The maximum Gasteiger partial charge on any atom is 0.264 e. The largest absolute Gasteiger partial charge is 0.350 e. The number of hydrogen-bond donors (Lipinski definition) is 1. The third-order valence-electron chi connectivity index (χ3n) is 6.85. The van der Waals surface area contributed by atoms with E-state index in [2.05, 4.69) is 5.32 Å². The first-order valence-electron chi connectivity index (χ1n) is 14.1. The Hall–Kier alpha value is -3.65. The number of hydrogen-bond acceptors (Lipinski definition) is 4. The van der Waals surface area contributed by atoms with Gasteiger partial charge >= 0.3 is 0 Å². The van der Waals surface area contributed by atoms with Gasteiger partial charge in [-0.2, -0.15) is 0 Å². The zero-order chi connectivity index (χ0) is 30.4. The molecule has 0 bridgehead atoms. The minimum absolute atomic E-state index is 0.101. The Bertz CT molecular complexity index is 1460. The number of carbonyl (C=O) groups is 2. The van der Waals surface area contributed by atoms with E-state index in [1.165, 1.54) is 9.21 Å². The Morgan fingerprint density at radius 3 is 2.12 bits per heavy atom. The first kappa shape index (κ1) is 31.9. The minimum Gasteiger partial charge on any atom is -0.350 e. The second kappa shape index (κ2) is 13.3. The van der Waals surface area contributed by atoms with Gasteiger partial charge < -0.3 is 10.2 Å². The molecule has 3 aromatic carbocycles. The average Bonchev–Trinajstić information content (AvgIpc) is 2.90. The number of sulfonamides is 1. The lowest BCUT2D eigenvalue weighted by Crippen LogP contribution is -2.55. The van der Waals surface area contributed by atoms with Crippen molar-refractivity contribution >= 4 is 27.5 Å². The van der Waals surface area contributed by atoms with Crippen molar-refractivity contribution in [2.45, 2.75) is 84.3 Å². The van der Waals surface area contributed by atoms with Crippen molar-refractivity contribution in [3.05, 3.63) is 95.1 Å². The molecule has 0 radical (unpaired) electrons. The summed E-state index contributed by atoms with van der Waals surface area (Å²) < 4.78 is 29.4. The number of para-hydroxylation sites is 1. The van der Waals surface area contributed by atoms with Gasteiger partial charge in [0.25, 0.3) is 10.0 Å². The maximum absolute atomic E-state index is 14.3. The van der Waals surface area contributed by atoms with Crippen molar-refractivity contribution in [3.8, 4) is 0 Å². The summed E-state index contributed by atoms with van der Waals surface area (Å²) in [7, 11) is -4.11. The molecule has 1 atom stereocenters. The Labute approximate surface area is 245 Å². The highest BCUT2D eigenvalue weighted by Gasteiger charge is 2.35. The van der Waals surface area contributed by atoms with Crippen molar-refractivity contribution in [3.63, 3.8) is 0 Å². The number of anilines is 1. The van der Waals surface area contributed by atoms with Crippen LogP contribution in [0.2, 0.25) is 0 Å². The first-order valence-corrected chi connectivity index (χ1v) is 15.5. The van der Waals surface area contributed by atoms with Crippen molar-refractivity contribution in [2.24, 2.45) is 0 Å². The van der Waals surface area contributed by atoms with Crippen molar-refractivity contribution < 1.29 is 18.0 Å². The molecule has 3 rings (SSSR count). The zero-order valence-corrected chi connectivity index (χ0v) is 26.1. The molecule has 2 amide bonds. The topological polar surface area (TPSA) is 86.8 Å². The molecule has 0 saturated carbocycles. The van der Waals surface area contributed by atoms with Gasteiger partial charge in [-0.25, -0.2) is 8.42 Å². The summed E-state index contributed by atoms with van der Waals surface area (Å²) in [4.78, 5) is 29.3. The highest BCUT2D eigenvalue weighted by molar-refractivity contribution is 7.92. The molecule has 0 fully saturated rings. The summed E-state index contributed by atoms with van der Waals surface area (Å²) in [6.45, 7) is 13.1. The van der Waals surface area contributed by atoms with Gasteiger partial charge in [0.2, 0.25) is 11.8 Å². The summed E-state index contributed by atoms with van der Waals surface area (Å²) in [5.74, 6) is -0.730. The Balaban J connectivity index is 2.11. The summed E-state index contributed by atoms with van der Waals surface area (Å²) in [5, 5.41) is 3.00. The molecule has 0 aliphatic heterocycles. The second-order valence-corrected chi connectivity index (χ2v) is 13.3. The average molecular weight is 578 g/mol. The molecular formula is C33H43N3O4S. The van der Waals surface area contributed by atoms with Crippen LogP contribution in [0.25, 0.3) is 0 Å². The molecule has 0 aliphatic carbocycles. The fourth-order valence-electron chi connectivity index (χ4n) is 4.78. The highest BCUT2D eigenvalue weighted by Crippen LogP contribution is 2.28. The molecule has 8 heteroatoms. The van der Waals surface area contributed by atoms with Crippen molar-refractivity contribution in [2.75, 3.05) is 10.8 Å².